The van der Waals surface area contributed by atoms with E-state index in [1.54, 1.807) is 0 Å². The van der Waals surface area contributed by atoms with Crippen molar-refractivity contribution in [1.29, 1.82) is 0 Å². The van der Waals surface area contributed by atoms with E-state index in [4.69, 9.17) is 15.2 Å². The molecule has 1 heterocycles. The monoisotopic (exact) mass is 306 g/mol. The second-order valence-corrected chi connectivity index (χ2v) is 6.27. The first-order chi connectivity index (χ1) is 8.83. The highest BCUT2D eigenvalue weighted by molar-refractivity contribution is 5.89. The van der Waals surface area contributed by atoms with Gasteiger partial charge in [-0.3, -0.25) is 4.79 Å². The van der Waals surface area contributed by atoms with Gasteiger partial charge >= 0.3 is 0 Å². The quantitative estimate of drug-likeness (QED) is 0.850. The third-order valence-corrected chi connectivity index (χ3v) is 4.74. The lowest BCUT2D eigenvalue weighted by molar-refractivity contribution is -0.183. The van der Waals surface area contributed by atoms with Gasteiger partial charge < -0.3 is 20.1 Å². The van der Waals surface area contributed by atoms with Gasteiger partial charge in [0.25, 0.3) is 0 Å². The third-order valence-electron chi connectivity index (χ3n) is 4.74. The summed E-state index contributed by atoms with van der Waals surface area (Å²) < 4.78 is 11.1. The number of rotatable bonds is 3. The first kappa shape index (κ1) is 17.7. The Kier molecular flexibility index (Phi) is 5.46. The number of halogens is 1. The second kappa shape index (κ2) is 6.18. The summed E-state index contributed by atoms with van der Waals surface area (Å²) in [6, 6.07) is 0. The van der Waals surface area contributed by atoms with Gasteiger partial charge in [-0.15, -0.1) is 12.4 Å². The Balaban J connectivity index is 0.00000200. The third kappa shape index (κ3) is 2.69. The standard InChI is InChI=1S/C14H26N2O3.ClH/c1-5-18-11-8-14(15,13(11,3)4)12(17)16-6-7-19-10(2)9-16;/h10-11H,5-9,15H2,1-4H3;1H. The summed E-state index contributed by atoms with van der Waals surface area (Å²) in [6.45, 7) is 10.5. The predicted octanol–water partition coefficient (Wildman–Crippen LogP) is 1.19. The molecule has 1 saturated heterocycles. The van der Waals surface area contributed by atoms with Crippen molar-refractivity contribution in [2.45, 2.75) is 51.9 Å². The minimum absolute atomic E-state index is 0. The lowest BCUT2D eigenvalue weighted by Crippen LogP contribution is -2.76. The van der Waals surface area contributed by atoms with Crippen LogP contribution in [0.1, 0.15) is 34.1 Å². The molecule has 1 aliphatic carbocycles. The molecule has 0 spiro atoms. The summed E-state index contributed by atoms with van der Waals surface area (Å²) in [5, 5.41) is 0. The number of morpholine rings is 1. The molecular weight excluding hydrogens is 280 g/mol. The molecule has 2 N–H and O–H groups in total. The van der Waals surface area contributed by atoms with E-state index in [1.165, 1.54) is 0 Å². The van der Waals surface area contributed by atoms with Crippen LogP contribution in [0.5, 0.6) is 0 Å². The molecule has 0 bridgehead atoms. The topological polar surface area (TPSA) is 64.8 Å². The molecule has 2 rings (SSSR count). The van der Waals surface area contributed by atoms with E-state index in [2.05, 4.69) is 0 Å². The molecule has 3 unspecified atom stereocenters. The van der Waals surface area contributed by atoms with Crippen molar-refractivity contribution in [3.8, 4) is 0 Å². The minimum Gasteiger partial charge on any atom is -0.378 e. The Bertz CT molecular complexity index is 364. The van der Waals surface area contributed by atoms with Crippen LogP contribution in [0.3, 0.4) is 0 Å². The van der Waals surface area contributed by atoms with E-state index < -0.39 is 5.54 Å². The second-order valence-electron chi connectivity index (χ2n) is 6.27. The highest BCUT2D eigenvalue weighted by atomic mass is 35.5. The summed E-state index contributed by atoms with van der Waals surface area (Å²) in [4.78, 5) is 14.5. The highest BCUT2D eigenvalue weighted by Crippen LogP contribution is 2.50. The molecular formula is C14H27ClN2O3. The van der Waals surface area contributed by atoms with Crippen molar-refractivity contribution in [3.05, 3.63) is 0 Å². The van der Waals surface area contributed by atoms with E-state index in [-0.39, 0.29) is 35.9 Å². The van der Waals surface area contributed by atoms with Gasteiger partial charge in [0.05, 0.1) is 18.8 Å². The first-order valence-electron chi connectivity index (χ1n) is 7.14. The van der Waals surface area contributed by atoms with Crippen LogP contribution in [0.15, 0.2) is 0 Å². The number of hydrogen-bond acceptors (Lipinski definition) is 4. The maximum atomic E-state index is 12.7. The molecule has 0 aromatic rings. The van der Waals surface area contributed by atoms with Crippen LogP contribution in [-0.2, 0) is 14.3 Å². The number of hydrogen-bond donors (Lipinski definition) is 1. The Morgan fingerprint density at radius 1 is 1.50 bits per heavy atom. The summed E-state index contributed by atoms with van der Waals surface area (Å²) in [7, 11) is 0. The fourth-order valence-corrected chi connectivity index (χ4v) is 3.08. The van der Waals surface area contributed by atoms with Crippen LogP contribution in [0, 0.1) is 5.41 Å². The van der Waals surface area contributed by atoms with Crippen LogP contribution in [0.4, 0.5) is 0 Å². The Hall–Kier alpha value is -0.360. The predicted molar refractivity (Wildman–Crippen MR) is 80.0 cm³/mol. The van der Waals surface area contributed by atoms with Gasteiger partial charge in [0.2, 0.25) is 5.91 Å². The van der Waals surface area contributed by atoms with Crippen molar-refractivity contribution in [2.75, 3.05) is 26.3 Å². The van der Waals surface area contributed by atoms with E-state index in [1.807, 2.05) is 32.6 Å². The fraction of sp³-hybridized carbons (Fsp3) is 0.929. The molecule has 20 heavy (non-hydrogen) atoms. The van der Waals surface area contributed by atoms with Gasteiger partial charge in [-0.2, -0.15) is 0 Å². The number of nitrogens with zero attached hydrogens (tertiary/aromatic N) is 1. The SMILES string of the molecule is CCOC1CC(N)(C(=O)N2CCOC(C)C2)C1(C)C.Cl. The van der Waals surface area contributed by atoms with Crippen molar-refractivity contribution in [2.24, 2.45) is 11.1 Å². The maximum Gasteiger partial charge on any atom is 0.243 e. The summed E-state index contributed by atoms with van der Waals surface area (Å²) in [6.07, 6.45) is 0.774. The van der Waals surface area contributed by atoms with Crippen LogP contribution in [0.2, 0.25) is 0 Å². The van der Waals surface area contributed by atoms with Crippen molar-refractivity contribution in [1.82, 2.24) is 4.90 Å². The Morgan fingerprint density at radius 3 is 2.65 bits per heavy atom. The lowest BCUT2D eigenvalue weighted by atomic mass is 9.54. The maximum absolute atomic E-state index is 12.7. The van der Waals surface area contributed by atoms with Gasteiger partial charge in [0.1, 0.15) is 5.54 Å². The normalized spacial score (nSPS) is 36.0. The molecule has 2 aliphatic rings. The van der Waals surface area contributed by atoms with Crippen LogP contribution < -0.4 is 5.73 Å². The largest absolute Gasteiger partial charge is 0.378 e. The number of carbonyl (C=O) groups excluding carboxylic acids is 1. The smallest absolute Gasteiger partial charge is 0.243 e. The lowest BCUT2D eigenvalue weighted by Gasteiger charge is -2.59. The summed E-state index contributed by atoms with van der Waals surface area (Å²) in [5.74, 6) is 0.0450. The molecule has 0 radical (unpaired) electrons. The molecule has 0 aromatic carbocycles. The van der Waals surface area contributed by atoms with E-state index in [0.717, 1.165) is 0 Å². The van der Waals surface area contributed by atoms with Crippen LogP contribution >= 0.6 is 12.4 Å². The molecule has 6 heteroatoms. The molecule has 1 amide bonds. The van der Waals surface area contributed by atoms with Crippen molar-refractivity contribution in [3.63, 3.8) is 0 Å². The molecule has 2 fully saturated rings. The molecule has 118 valence electrons. The molecule has 1 saturated carbocycles. The fourth-order valence-electron chi connectivity index (χ4n) is 3.08. The minimum atomic E-state index is -0.802. The number of ether oxygens (including phenoxy) is 2. The zero-order valence-corrected chi connectivity index (χ0v) is 13.7. The number of carbonyl (C=O) groups is 1. The zero-order valence-electron chi connectivity index (χ0n) is 12.8. The molecule has 5 nitrogen and oxygen atoms in total. The summed E-state index contributed by atoms with van der Waals surface area (Å²) in [5.41, 5.74) is 5.29. The zero-order chi connectivity index (χ0) is 14.3. The van der Waals surface area contributed by atoms with Crippen molar-refractivity contribution >= 4 is 18.3 Å². The molecule has 3 atom stereocenters. The van der Waals surface area contributed by atoms with Crippen molar-refractivity contribution < 1.29 is 14.3 Å². The van der Waals surface area contributed by atoms with Crippen LogP contribution in [-0.4, -0.2) is 54.9 Å². The van der Waals surface area contributed by atoms with Gasteiger partial charge in [-0.1, -0.05) is 13.8 Å². The highest BCUT2D eigenvalue weighted by Gasteiger charge is 2.63. The average molecular weight is 307 g/mol. The number of nitrogens with two attached hydrogens (primary N) is 1. The van der Waals surface area contributed by atoms with Gasteiger partial charge in [0.15, 0.2) is 0 Å². The molecule has 1 aliphatic heterocycles. The number of amides is 1. The van der Waals surface area contributed by atoms with Crippen LogP contribution in [0.25, 0.3) is 0 Å². The Morgan fingerprint density at radius 2 is 2.15 bits per heavy atom. The Labute approximate surface area is 127 Å². The average Bonchev–Trinajstić information content (AvgIpc) is 2.37. The van der Waals surface area contributed by atoms with Gasteiger partial charge in [-0.25, -0.2) is 0 Å². The van der Waals surface area contributed by atoms with Gasteiger partial charge in [-0.05, 0) is 13.8 Å². The van der Waals surface area contributed by atoms with E-state index >= 15 is 0 Å². The first-order valence-corrected chi connectivity index (χ1v) is 7.14. The van der Waals surface area contributed by atoms with E-state index in [9.17, 15) is 4.79 Å². The van der Waals surface area contributed by atoms with E-state index in [0.29, 0.717) is 32.7 Å². The molecule has 0 aromatic heterocycles. The van der Waals surface area contributed by atoms with Gasteiger partial charge in [0, 0.05) is 31.5 Å². The summed E-state index contributed by atoms with van der Waals surface area (Å²) >= 11 is 0.